The van der Waals surface area contributed by atoms with Crippen molar-refractivity contribution in [1.29, 1.82) is 0 Å². The Hall–Kier alpha value is -0.610. The van der Waals surface area contributed by atoms with Crippen LogP contribution in [-0.2, 0) is 4.79 Å². The van der Waals surface area contributed by atoms with E-state index in [1.54, 1.807) is 6.92 Å². The van der Waals surface area contributed by atoms with Gasteiger partial charge in [-0.25, -0.2) is 0 Å². The molecule has 0 aromatic rings. The monoisotopic (exact) mass is 202 g/mol. The van der Waals surface area contributed by atoms with Crippen molar-refractivity contribution in [1.82, 2.24) is 10.6 Å². The molecule has 0 aromatic carbocycles. The standard InChI is InChI=1S/C10H22N2O2/c1-7(2)12-10(14)5-6-11-8(3)9(4)13/h7-9,11,13H,5-6H2,1-4H3,(H,12,14). The minimum absolute atomic E-state index is 0.0295. The van der Waals surface area contributed by atoms with Gasteiger partial charge in [0.2, 0.25) is 5.91 Å². The summed E-state index contributed by atoms with van der Waals surface area (Å²) in [5.41, 5.74) is 0. The van der Waals surface area contributed by atoms with Crippen molar-refractivity contribution < 1.29 is 9.90 Å². The van der Waals surface area contributed by atoms with Crippen LogP contribution in [0.2, 0.25) is 0 Å². The van der Waals surface area contributed by atoms with Crippen molar-refractivity contribution in [3.05, 3.63) is 0 Å². The van der Waals surface area contributed by atoms with Crippen molar-refractivity contribution >= 4 is 5.91 Å². The van der Waals surface area contributed by atoms with Gasteiger partial charge in [-0.2, -0.15) is 0 Å². The molecule has 2 unspecified atom stereocenters. The summed E-state index contributed by atoms with van der Waals surface area (Å²) in [6, 6.07) is 0.221. The number of rotatable bonds is 6. The van der Waals surface area contributed by atoms with Gasteiger partial charge < -0.3 is 15.7 Å². The van der Waals surface area contributed by atoms with Crippen LogP contribution < -0.4 is 10.6 Å². The Kier molecular flexibility index (Phi) is 6.49. The highest BCUT2D eigenvalue weighted by atomic mass is 16.3. The van der Waals surface area contributed by atoms with Gasteiger partial charge in [0.05, 0.1) is 6.10 Å². The zero-order valence-electron chi connectivity index (χ0n) is 9.50. The van der Waals surface area contributed by atoms with Crippen LogP contribution in [0.5, 0.6) is 0 Å². The molecule has 0 aliphatic carbocycles. The molecule has 3 N–H and O–H groups in total. The molecule has 0 saturated heterocycles. The number of aliphatic hydroxyl groups is 1. The van der Waals surface area contributed by atoms with Crippen LogP contribution in [0.4, 0.5) is 0 Å². The third-order valence-corrected chi connectivity index (χ3v) is 1.99. The van der Waals surface area contributed by atoms with E-state index in [1.165, 1.54) is 0 Å². The summed E-state index contributed by atoms with van der Waals surface area (Å²) in [6.07, 6.45) is 0.0676. The maximum atomic E-state index is 11.2. The molecule has 0 aliphatic heterocycles. The highest BCUT2D eigenvalue weighted by molar-refractivity contribution is 5.76. The molecule has 0 heterocycles. The highest BCUT2D eigenvalue weighted by Gasteiger charge is 2.08. The highest BCUT2D eigenvalue weighted by Crippen LogP contribution is 1.90. The van der Waals surface area contributed by atoms with Gasteiger partial charge in [-0.3, -0.25) is 4.79 Å². The first-order valence-electron chi connectivity index (χ1n) is 5.14. The van der Waals surface area contributed by atoms with E-state index in [0.717, 1.165) is 0 Å². The molecule has 0 radical (unpaired) electrons. The van der Waals surface area contributed by atoms with E-state index in [1.807, 2.05) is 20.8 Å². The van der Waals surface area contributed by atoms with Crippen molar-refractivity contribution in [3.8, 4) is 0 Å². The Morgan fingerprint density at radius 1 is 1.29 bits per heavy atom. The number of nitrogens with one attached hydrogen (secondary N) is 2. The fourth-order valence-electron chi connectivity index (χ4n) is 0.978. The van der Waals surface area contributed by atoms with Crippen LogP contribution in [0.3, 0.4) is 0 Å². The van der Waals surface area contributed by atoms with Crippen molar-refractivity contribution in [2.45, 2.75) is 52.3 Å². The summed E-state index contributed by atoms with van der Waals surface area (Å²) in [5, 5.41) is 15.0. The molecule has 4 nitrogen and oxygen atoms in total. The first-order valence-corrected chi connectivity index (χ1v) is 5.14. The second-order valence-corrected chi connectivity index (χ2v) is 3.96. The number of aliphatic hydroxyl groups excluding tert-OH is 1. The lowest BCUT2D eigenvalue weighted by atomic mass is 10.2. The van der Waals surface area contributed by atoms with E-state index in [-0.39, 0.29) is 24.1 Å². The number of amides is 1. The Morgan fingerprint density at radius 2 is 1.86 bits per heavy atom. The van der Waals surface area contributed by atoms with E-state index in [2.05, 4.69) is 10.6 Å². The van der Waals surface area contributed by atoms with Crippen LogP contribution in [-0.4, -0.2) is 35.7 Å². The van der Waals surface area contributed by atoms with Gasteiger partial charge >= 0.3 is 0 Å². The summed E-state index contributed by atoms with van der Waals surface area (Å²) >= 11 is 0. The van der Waals surface area contributed by atoms with E-state index in [4.69, 9.17) is 5.11 Å². The van der Waals surface area contributed by atoms with Crippen molar-refractivity contribution in [2.75, 3.05) is 6.54 Å². The zero-order chi connectivity index (χ0) is 11.1. The van der Waals surface area contributed by atoms with E-state index >= 15 is 0 Å². The molecule has 2 atom stereocenters. The number of carbonyl (C=O) groups is 1. The summed E-state index contributed by atoms with van der Waals surface area (Å²) in [6.45, 7) is 8.09. The van der Waals surface area contributed by atoms with E-state index in [0.29, 0.717) is 13.0 Å². The lowest BCUT2D eigenvalue weighted by Gasteiger charge is -2.16. The summed E-state index contributed by atoms with van der Waals surface area (Å²) in [4.78, 5) is 11.2. The molecule has 0 aromatic heterocycles. The lowest BCUT2D eigenvalue weighted by molar-refractivity contribution is -0.121. The van der Waals surface area contributed by atoms with Crippen LogP contribution in [0.15, 0.2) is 0 Å². The number of carbonyl (C=O) groups excluding carboxylic acids is 1. The van der Waals surface area contributed by atoms with Crippen molar-refractivity contribution in [3.63, 3.8) is 0 Å². The summed E-state index contributed by atoms with van der Waals surface area (Å²) in [7, 11) is 0. The van der Waals surface area contributed by atoms with Gasteiger partial charge in [-0.15, -0.1) is 0 Å². The zero-order valence-corrected chi connectivity index (χ0v) is 9.50. The largest absolute Gasteiger partial charge is 0.392 e. The molecular weight excluding hydrogens is 180 g/mol. The summed E-state index contributed by atoms with van der Waals surface area (Å²) < 4.78 is 0. The van der Waals surface area contributed by atoms with Crippen LogP contribution >= 0.6 is 0 Å². The SMILES string of the molecule is CC(C)NC(=O)CCNC(C)C(C)O. The molecule has 4 heteroatoms. The van der Waals surface area contributed by atoms with Gasteiger partial charge in [-0.05, 0) is 27.7 Å². The normalized spacial score (nSPS) is 15.3. The van der Waals surface area contributed by atoms with Gasteiger partial charge in [0.15, 0.2) is 0 Å². The van der Waals surface area contributed by atoms with Gasteiger partial charge in [0.1, 0.15) is 0 Å². The Bertz CT molecular complexity index is 170. The first-order chi connectivity index (χ1) is 6.43. The second kappa shape index (κ2) is 6.79. The number of hydrogen-bond donors (Lipinski definition) is 3. The quantitative estimate of drug-likeness (QED) is 0.579. The topological polar surface area (TPSA) is 61.4 Å². The summed E-state index contributed by atoms with van der Waals surface area (Å²) in [5.74, 6) is 0.0466. The van der Waals surface area contributed by atoms with E-state index in [9.17, 15) is 4.79 Å². The molecular formula is C10H22N2O2. The Balaban J connectivity index is 3.49. The molecule has 14 heavy (non-hydrogen) atoms. The molecule has 1 amide bonds. The van der Waals surface area contributed by atoms with E-state index < -0.39 is 0 Å². The lowest BCUT2D eigenvalue weighted by Crippen LogP contribution is -2.38. The van der Waals surface area contributed by atoms with Crippen molar-refractivity contribution in [2.24, 2.45) is 0 Å². The molecule has 84 valence electrons. The molecule has 0 fully saturated rings. The van der Waals surface area contributed by atoms with Crippen LogP contribution in [0, 0.1) is 0 Å². The average molecular weight is 202 g/mol. The van der Waals surface area contributed by atoms with Crippen LogP contribution in [0.1, 0.15) is 34.1 Å². The Labute approximate surface area is 86.1 Å². The predicted octanol–water partition coefficient (Wildman–Crippen LogP) is 0.260. The minimum atomic E-state index is -0.386. The maximum absolute atomic E-state index is 11.2. The average Bonchev–Trinajstić information content (AvgIpc) is 2.02. The van der Waals surface area contributed by atoms with Gasteiger partial charge in [0.25, 0.3) is 0 Å². The van der Waals surface area contributed by atoms with Gasteiger partial charge in [0, 0.05) is 25.0 Å². The third kappa shape index (κ3) is 6.86. The van der Waals surface area contributed by atoms with Crippen LogP contribution in [0.25, 0.3) is 0 Å². The Morgan fingerprint density at radius 3 is 2.29 bits per heavy atom. The minimum Gasteiger partial charge on any atom is -0.392 e. The maximum Gasteiger partial charge on any atom is 0.221 e. The molecule has 0 saturated carbocycles. The molecule has 0 bridgehead atoms. The van der Waals surface area contributed by atoms with Gasteiger partial charge in [-0.1, -0.05) is 0 Å². The fourth-order valence-corrected chi connectivity index (χ4v) is 0.978. The third-order valence-electron chi connectivity index (χ3n) is 1.99. The predicted molar refractivity (Wildman–Crippen MR) is 57.0 cm³/mol. The second-order valence-electron chi connectivity index (χ2n) is 3.96. The molecule has 0 rings (SSSR count). The molecule has 0 spiro atoms. The molecule has 0 aliphatic rings. The first kappa shape index (κ1) is 13.4. The number of hydrogen-bond acceptors (Lipinski definition) is 3. The smallest absolute Gasteiger partial charge is 0.221 e. The fraction of sp³-hybridized carbons (Fsp3) is 0.900.